The van der Waals surface area contributed by atoms with Crippen molar-refractivity contribution in [2.45, 2.75) is 20.5 Å². The van der Waals surface area contributed by atoms with Crippen LogP contribution in [0.4, 0.5) is 0 Å². The van der Waals surface area contributed by atoms with Crippen molar-refractivity contribution in [2.24, 2.45) is 0 Å². The van der Waals surface area contributed by atoms with E-state index in [0.717, 1.165) is 18.1 Å². The van der Waals surface area contributed by atoms with Gasteiger partial charge in [0.05, 0.1) is 38.9 Å². The van der Waals surface area contributed by atoms with Crippen LogP contribution in [0.15, 0.2) is 60.2 Å². The average Bonchev–Trinajstić information content (AvgIpc) is 2.87. The Morgan fingerprint density at radius 3 is 1.93 bits per heavy atom. The Kier molecular flexibility index (Phi) is 9.72. The highest BCUT2D eigenvalue weighted by molar-refractivity contribution is 7.86. The van der Waals surface area contributed by atoms with Crippen LogP contribution >= 0.6 is 0 Å². The Morgan fingerprint density at radius 1 is 0.775 bits per heavy atom. The number of aliphatic hydroxyl groups is 1. The molecule has 0 fully saturated rings. The molecule has 10 nitrogen and oxygen atoms in total. The average molecular weight is 593 g/mol. The largest absolute Gasteiger partial charge is 0.496 e. The van der Waals surface area contributed by atoms with E-state index in [2.05, 4.69) is 0 Å². The zero-order valence-corrected chi connectivity index (χ0v) is 24.7. The molecule has 12 heteroatoms. The highest BCUT2D eigenvalue weighted by Crippen LogP contribution is 2.51. The van der Waals surface area contributed by atoms with E-state index in [9.17, 15) is 21.9 Å². The maximum Gasteiger partial charge on any atom is 0.306 e. The van der Waals surface area contributed by atoms with E-state index < -0.39 is 20.2 Å². The number of ether oxygens (including phenoxy) is 3. The van der Waals surface area contributed by atoms with Crippen LogP contribution in [0.2, 0.25) is 0 Å². The predicted molar refractivity (Wildman–Crippen MR) is 152 cm³/mol. The molecule has 0 heterocycles. The molecule has 0 bridgehead atoms. The zero-order chi connectivity index (χ0) is 29.7. The summed E-state index contributed by atoms with van der Waals surface area (Å²) in [6.07, 6.45) is 3.61. The Bertz CT molecular complexity index is 1600. The molecule has 0 amide bonds. The molecular formula is C28H32O10S2. The maximum atomic E-state index is 12.4. The monoisotopic (exact) mass is 592 g/mol. The van der Waals surface area contributed by atoms with Crippen LogP contribution in [0.25, 0.3) is 22.3 Å². The smallest absolute Gasteiger partial charge is 0.306 e. The van der Waals surface area contributed by atoms with Crippen LogP contribution in [0.5, 0.6) is 28.7 Å². The Morgan fingerprint density at radius 2 is 1.40 bits per heavy atom. The first kappa shape index (κ1) is 30.8. The standard InChI is InChI=1S/C28H32O10S2/c1-18(2)13-14-36-23-12-11-21(15-24(23)37-39(5,30)31)26-25(34-3)16-22(20-9-7-19(17-29)8-10-20)27(35-4)28(26)38-40(6,32)33/h7-13,15-16,29H,14,17H2,1-6H3. The Hall–Kier alpha value is -3.74. The molecule has 216 valence electrons. The van der Waals surface area contributed by atoms with Crippen molar-refractivity contribution >= 4 is 20.2 Å². The van der Waals surface area contributed by atoms with E-state index in [1.165, 1.54) is 26.4 Å². The lowest BCUT2D eigenvalue weighted by atomic mass is 9.96. The number of rotatable bonds is 12. The van der Waals surface area contributed by atoms with Crippen LogP contribution in [0.3, 0.4) is 0 Å². The van der Waals surface area contributed by atoms with Crippen molar-refractivity contribution in [3.63, 3.8) is 0 Å². The number of hydrogen-bond acceptors (Lipinski definition) is 10. The van der Waals surface area contributed by atoms with Gasteiger partial charge in [-0.1, -0.05) is 35.9 Å². The molecule has 0 radical (unpaired) electrons. The molecule has 0 saturated carbocycles. The fourth-order valence-electron chi connectivity index (χ4n) is 3.80. The number of aliphatic hydroxyl groups excluding tert-OH is 1. The van der Waals surface area contributed by atoms with E-state index in [4.69, 9.17) is 22.6 Å². The van der Waals surface area contributed by atoms with Gasteiger partial charge in [-0.05, 0) is 54.8 Å². The molecule has 1 N–H and O–H groups in total. The van der Waals surface area contributed by atoms with E-state index in [1.54, 1.807) is 36.4 Å². The van der Waals surface area contributed by atoms with Crippen molar-refractivity contribution in [1.29, 1.82) is 0 Å². The minimum absolute atomic E-state index is 0.0902. The van der Waals surface area contributed by atoms with Gasteiger partial charge in [0.15, 0.2) is 23.0 Å². The van der Waals surface area contributed by atoms with Crippen LogP contribution in [-0.4, -0.2) is 55.3 Å². The fourth-order valence-corrected chi connectivity index (χ4v) is 4.72. The van der Waals surface area contributed by atoms with Crippen LogP contribution in [0.1, 0.15) is 19.4 Å². The van der Waals surface area contributed by atoms with Crippen LogP contribution in [0, 0.1) is 0 Å². The third-order valence-electron chi connectivity index (χ3n) is 5.51. The second kappa shape index (κ2) is 12.6. The summed E-state index contributed by atoms with van der Waals surface area (Å²) in [4.78, 5) is 0. The fraction of sp³-hybridized carbons (Fsp3) is 0.286. The number of allylic oxidation sites excluding steroid dienone is 1. The van der Waals surface area contributed by atoms with Crippen molar-refractivity contribution in [3.05, 3.63) is 65.7 Å². The van der Waals surface area contributed by atoms with Gasteiger partial charge < -0.3 is 27.7 Å². The summed E-state index contributed by atoms with van der Waals surface area (Å²) in [5.41, 5.74) is 3.28. The summed E-state index contributed by atoms with van der Waals surface area (Å²) in [5, 5.41) is 9.41. The summed E-state index contributed by atoms with van der Waals surface area (Å²) in [7, 11) is -5.25. The van der Waals surface area contributed by atoms with E-state index in [0.29, 0.717) is 22.3 Å². The van der Waals surface area contributed by atoms with Crippen LogP contribution < -0.4 is 22.6 Å². The van der Waals surface area contributed by atoms with Gasteiger partial charge in [-0.25, -0.2) is 0 Å². The summed E-state index contributed by atoms with van der Waals surface area (Å²) in [6.45, 7) is 3.82. The molecule has 0 atom stereocenters. The molecule has 0 saturated heterocycles. The minimum Gasteiger partial charge on any atom is -0.496 e. The first-order valence-corrected chi connectivity index (χ1v) is 15.6. The quantitative estimate of drug-likeness (QED) is 0.236. The van der Waals surface area contributed by atoms with Gasteiger partial charge in [-0.15, -0.1) is 0 Å². The molecule has 40 heavy (non-hydrogen) atoms. The normalized spacial score (nSPS) is 11.5. The molecule has 0 spiro atoms. The molecule has 0 aromatic heterocycles. The topological polar surface area (TPSA) is 135 Å². The van der Waals surface area contributed by atoms with Gasteiger partial charge >= 0.3 is 20.2 Å². The van der Waals surface area contributed by atoms with E-state index >= 15 is 0 Å². The molecule has 3 aromatic rings. The Balaban J connectivity index is 2.33. The predicted octanol–water partition coefficient (Wildman–Crippen LogP) is 4.55. The summed E-state index contributed by atoms with van der Waals surface area (Å²) in [5.74, 6) is 0.173. The van der Waals surface area contributed by atoms with Gasteiger partial charge in [0.2, 0.25) is 0 Å². The highest BCUT2D eigenvalue weighted by atomic mass is 32.2. The lowest BCUT2D eigenvalue weighted by Crippen LogP contribution is -2.10. The molecule has 0 aliphatic heterocycles. The first-order chi connectivity index (χ1) is 18.8. The van der Waals surface area contributed by atoms with Crippen molar-refractivity contribution in [2.75, 3.05) is 33.3 Å². The van der Waals surface area contributed by atoms with Gasteiger partial charge in [0, 0.05) is 5.56 Å². The minimum atomic E-state index is -4.07. The van der Waals surface area contributed by atoms with Crippen molar-refractivity contribution < 1.29 is 44.5 Å². The second-order valence-corrected chi connectivity index (χ2v) is 12.2. The summed E-state index contributed by atoms with van der Waals surface area (Å²) in [6, 6.07) is 13.0. The molecule has 0 aliphatic rings. The van der Waals surface area contributed by atoms with Gasteiger partial charge in [-0.2, -0.15) is 16.8 Å². The summed E-state index contributed by atoms with van der Waals surface area (Å²) >= 11 is 0. The van der Waals surface area contributed by atoms with Gasteiger partial charge in [0.25, 0.3) is 0 Å². The SMILES string of the molecule is COc1cc(-c2ccc(CO)cc2)c(OC)c(OS(C)(=O)=O)c1-c1ccc(OCC=C(C)C)c(OS(C)(=O)=O)c1. The molecule has 0 aliphatic carbocycles. The molecule has 3 rings (SSSR count). The maximum absolute atomic E-state index is 12.4. The van der Waals surface area contributed by atoms with E-state index in [-0.39, 0.29) is 47.5 Å². The van der Waals surface area contributed by atoms with E-state index in [1.807, 2.05) is 19.9 Å². The number of methoxy groups -OCH3 is 2. The third-order valence-corrected chi connectivity index (χ3v) is 6.46. The highest BCUT2D eigenvalue weighted by Gasteiger charge is 2.27. The van der Waals surface area contributed by atoms with Gasteiger partial charge in [0.1, 0.15) is 12.4 Å². The summed E-state index contributed by atoms with van der Waals surface area (Å²) < 4.78 is 76.6. The zero-order valence-electron chi connectivity index (χ0n) is 23.0. The first-order valence-electron chi connectivity index (χ1n) is 11.9. The van der Waals surface area contributed by atoms with Gasteiger partial charge in [-0.3, -0.25) is 0 Å². The van der Waals surface area contributed by atoms with Crippen molar-refractivity contribution in [1.82, 2.24) is 0 Å². The molecule has 3 aromatic carbocycles. The second-order valence-electron chi connectivity index (χ2n) is 9.05. The lowest BCUT2D eigenvalue weighted by Gasteiger charge is -2.21. The lowest BCUT2D eigenvalue weighted by molar-refractivity contribution is 0.282. The Labute approximate surface area is 235 Å². The molecule has 0 unspecified atom stereocenters. The molecular weight excluding hydrogens is 560 g/mol. The third kappa shape index (κ3) is 7.90. The van der Waals surface area contributed by atoms with Crippen LogP contribution in [-0.2, 0) is 26.8 Å². The number of benzene rings is 3. The van der Waals surface area contributed by atoms with Crippen molar-refractivity contribution in [3.8, 4) is 51.0 Å². The number of hydrogen-bond donors (Lipinski definition) is 1.